The molecule has 3 aromatic rings. The molecule has 0 bridgehead atoms. The van der Waals surface area contributed by atoms with E-state index in [1.807, 2.05) is 37.3 Å². The Morgan fingerprint density at radius 3 is 2.69 bits per heavy atom. The van der Waals surface area contributed by atoms with Crippen LogP contribution in [0.3, 0.4) is 0 Å². The average Bonchev–Trinajstić information content (AvgIpc) is 3.12. The van der Waals surface area contributed by atoms with E-state index in [0.29, 0.717) is 16.8 Å². The van der Waals surface area contributed by atoms with Crippen molar-refractivity contribution >= 4 is 26.0 Å². The van der Waals surface area contributed by atoms with Gasteiger partial charge in [0.05, 0.1) is 18.5 Å². The lowest BCUT2D eigenvalue weighted by Gasteiger charge is -2.12. The maximum absolute atomic E-state index is 12.7. The number of para-hydroxylation sites is 1. The Morgan fingerprint density at radius 2 is 1.96 bits per heavy atom. The van der Waals surface area contributed by atoms with Crippen molar-refractivity contribution in [3.8, 4) is 11.4 Å². The molecule has 0 aliphatic rings. The molecule has 0 aliphatic carbocycles. The Kier molecular flexibility index (Phi) is 5.75. The molecule has 1 aromatic heterocycles. The van der Waals surface area contributed by atoms with Crippen LogP contribution in [0.2, 0.25) is 0 Å². The summed E-state index contributed by atoms with van der Waals surface area (Å²) < 4.78 is 35.8. The molecule has 1 N–H and O–H groups in total. The Bertz CT molecular complexity index is 988. The Balaban J connectivity index is 1.77. The number of halogens is 1. The summed E-state index contributed by atoms with van der Waals surface area (Å²) in [6.07, 6.45) is 3.43. The summed E-state index contributed by atoms with van der Waals surface area (Å²) in [5.74, 6) is 0.322. The van der Waals surface area contributed by atoms with Gasteiger partial charge in [0, 0.05) is 22.8 Å². The minimum Gasteiger partial charge on any atom is -0.492 e. The number of ether oxygens (including phenoxy) is 1. The molecule has 2 aromatic carbocycles. The molecule has 0 radical (unpaired) electrons. The number of hydrogen-bond donors (Lipinski definition) is 1. The zero-order valence-corrected chi connectivity index (χ0v) is 16.5. The van der Waals surface area contributed by atoms with Crippen molar-refractivity contribution in [1.82, 2.24) is 14.5 Å². The first-order chi connectivity index (χ1) is 12.5. The molecular formula is C18H18BrN3O3S. The molecule has 0 unspecified atom stereocenters. The van der Waals surface area contributed by atoms with Crippen molar-refractivity contribution in [3.63, 3.8) is 0 Å². The number of hydrogen-bond acceptors (Lipinski definition) is 4. The predicted molar refractivity (Wildman–Crippen MR) is 103 cm³/mol. The Morgan fingerprint density at radius 1 is 1.19 bits per heavy atom. The fourth-order valence-corrected chi connectivity index (χ4v) is 4.09. The van der Waals surface area contributed by atoms with Crippen LogP contribution in [0.4, 0.5) is 0 Å². The quantitative estimate of drug-likeness (QED) is 0.615. The number of nitrogens with one attached hydrogen (secondary N) is 1. The highest BCUT2D eigenvalue weighted by molar-refractivity contribution is 9.10. The van der Waals surface area contributed by atoms with E-state index in [1.54, 1.807) is 29.2 Å². The van der Waals surface area contributed by atoms with Crippen LogP contribution in [0.15, 0.2) is 70.3 Å². The molecule has 26 heavy (non-hydrogen) atoms. The number of aromatic nitrogens is 2. The molecule has 8 heteroatoms. The van der Waals surface area contributed by atoms with Crippen LogP contribution >= 0.6 is 15.9 Å². The van der Waals surface area contributed by atoms with E-state index in [4.69, 9.17) is 4.74 Å². The van der Waals surface area contributed by atoms with E-state index >= 15 is 0 Å². The van der Waals surface area contributed by atoms with Gasteiger partial charge in [-0.2, -0.15) is 5.10 Å². The topological polar surface area (TPSA) is 73.2 Å². The van der Waals surface area contributed by atoms with E-state index in [0.717, 1.165) is 11.3 Å². The summed E-state index contributed by atoms with van der Waals surface area (Å²) in [6.45, 7) is 2.32. The third kappa shape index (κ3) is 4.32. The van der Waals surface area contributed by atoms with E-state index in [2.05, 4.69) is 25.8 Å². The lowest BCUT2D eigenvalue weighted by atomic mass is 10.3. The van der Waals surface area contributed by atoms with Crippen LogP contribution in [0.1, 0.15) is 12.5 Å². The van der Waals surface area contributed by atoms with Crippen LogP contribution in [0.25, 0.3) is 5.69 Å². The fourth-order valence-electron chi connectivity index (χ4n) is 2.40. The number of rotatable bonds is 7. The molecule has 0 aliphatic heterocycles. The van der Waals surface area contributed by atoms with Gasteiger partial charge >= 0.3 is 0 Å². The van der Waals surface area contributed by atoms with Gasteiger partial charge in [0.25, 0.3) is 0 Å². The van der Waals surface area contributed by atoms with Crippen LogP contribution in [-0.4, -0.2) is 24.8 Å². The van der Waals surface area contributed by atoms with Crippen molar-refractivity contribution in [1.29, 1.82) is 0 Å². The second kappa shape index (κ2) is 8.03. The van der Waals surface area contributed by atoms with Gasteiger partial charge in [-0.25, -0.2) is 17.8 Å². The lowest BCUT2D eigenvalue weighted by molar-refractivity contribution is 0.331. The van der Waals surface area contributed by atoms with Crippen molar-refractivity contribution in [3.05, 3.63) is 71.0 Å². The number of nitrogens with zero attached hydrogens (tertiary/aromatic N) is 2. The van der Waals surface area contributed by atoms with E-state index in [1.165, 1.54) is 6.07 Å². The first-order valence-electron chi connectivity index (χ1n) is 8.00. The molecule has 0 amide bonds. The third-order valence-corrected chi connectivity index (χ3v) is 5.53. The number of sulfonamides is 1. The van der Waals surface area contributed by atoms with Crippen LogP contribution in [0.5, 0.6) is 5.75 Å². The van der Waals surface area contributed by atoms with Gasteiger partial charge in [0.2, 0.25) is 10.0 Å². The van der Waals surface area contributed by atoms with Crippen molar-refractivity contribution in [2.45, 2.75) is 18.4 Å². The molecule has 3 rings (SSSR count). The van der Waals surface area contributed by atoms with Crippen LogP contribution in [-0.2, 0) is 16.6 Å². The first-order valence-corrected chi connectivity index (χ1v) is 10.3. The second-order valence-electron chi connectivity index (χ2n) is 5.48. The molecular weight excluding hydrogens is 418 g/mol. The van der Waals surface area contributed by atoms with E-state index in [-0.39, 0.29) is 11.4 Å². The van der Waals surface area contributed by atoms with Gasteiger partial charge in [-0.05, 0) is 37.3 Å². The molecule has 1 heterocycles. The Labute approximate surface area is 161 Å². The molecule has 0 atom stereocenters. The highest BCUT2D eigenvalue weighted by atomic mass is 79.9. The van der Waals surface area contributed by atoms with Crippen molar-refractivity contribution in [2.24, 2.45) is 0 Å². The summed E-state index contributed by atoms with van der Waals surface area (Å²) >= 11 is 3.30. The van der Waals surface area contributed by atoms with Gasteiger partial charge in [-0.1, -0.05) is 34.1 Å². The molecule has 0 fully saturated rings. The highest BCUT2D eigenvalue weighted by Crippen LogP contribution is 2.27. The summed E-state index contributed by atoms with van der Waals surface area (Å²) in [5.41, 5.74) is 1.66. The average molecular weight is 436 g/mol. The maximum Gasteiger partial charge on any atom is 0.244 e. The smallest absolute Gasteiger partial charge is 0.244 e. The predicted octanol–water partition coefficient (Wildman–Crippen LogP) is 3.51. The zero-order chi connectivity index (χ0) is 18.6. The molecule has 0 saturated carbocycles. The van der Waals surface area contributed by atoms with E-state index in [9.17, 15) is 8.42 Å². The van der Waals surface area contributed by atoms with Gasteiger partial charge in [0.1, 0.15) is 10.6 Å². The fraction of sp³-hybridized carbons (Fsp3) is 0.167. The standard InChI is InChI=1S/C18H18BrN3O3S/c1-2-25-17-9-8-15(19)10-18(17)26(23,24)21-12-14-11-20-22(13-14)16-6-4-3-5-7-16/h3-11,13,21H,2,12H2,1H3. The molecule has 0 saturated heterocycles. The monoisotopic (exact) mass is 435 g/mol. The van der Waals surface area contributed by atoms with E-state index < -0.39 is 10.0 Å². The van der Waals surface area contributed by atoms with Gasteiger partial charge in [0.15, 0.2) is 0 Å². The third-order valence-electron chi connectivity index (χ3n) is 3.62. The van der Waals surface area contributed by atoms with Crippen LogP contribution in [0, 0.1) is 0 Å². The SMILES string of the molecule is CCOc1ccc(Br)cc1S(=O)(=O)NCc1cnn(-c2ccccc2)c1. The zero-order valence-electron chi connectivity index (χ0n) is 14.1. The molecule has 0 spiro atoms. The minimum atomic E-state index is -3.73. The van der Waals surface area contributed by atoms with Gasteiger partial charge in [-0.3, -0.25) is 0 Å². The minimum absolute atomic E-state index is 0.101. The van der Waals surface area contributed by atoms with Crippen molar-refractivity contribution in [2.75, 3.05) is 6.61 Å². The second-order valence-corrected chi connectivity index (χ2v) is 8.13. The largest absolute Gasteiger partial charge is 0.492 e. The number of benzene rings is 2. The normalized spacial score (nSPS) is 11.5. The molecule has 136 valence electrons. The molecule has 6 nitrogen and oxygen atoms in total. The first kappa shape index (κ1) is 18.6. The summed E-state index contributed by atoms with van der Waals surface area (Å²) in [6, 6.07) is 14.5. The van der Waals surface area contributed by atoms with Crippen molar-refractivity contribution < 1.29 is 13.2 Å². The lowest BCUT2D eigenvalue weighted by Crippen LogP contribution is -2.23. The Hall–Kier alpha value is -2.16. The van der Waals surface area contributed by atoms with Crippen LogP contribution < -0.4 is 9.46 Å². The summed E-state index contributed by atoms with van der Waals surface area (Å²) in [4.78, 5) is 0.101. The van der Waals surface area contributed by atoms with Gasteiger partial charge < -0.3 is 4.74 Å². The highest BCUT2D eigenvalue weighted by Gasteiger charge is 2.20. The maximum atomic E-state index is 12.7. The summed E-state index contributed by atoms with van der Waals surface area (Å²) in [5, 5.41) is 4.27. The summed E-state index contributed by atoms with van der Waals surface area (Å²) in [7, 11) is -3.73. The van der Waals surface area contributed by atoms with Gasteiger partial charge in [-0.15, -0.1) is 0 Å².